The van der Waals surface area contributed by atoms with E-state index in [2.05, 4.69) is 42.6 Å². The van der Waals surface area contributed by atoms with Crippen LogP contribution in [0.15, 0.2) is 72.8 Å². The Morgan fingerprint density at radius 3 is 2.28 bits per heavy atom. The zero-order valence-electron chi connectivity index (χ0n) is 16.7. The molecule has 0 saturated carbocycles. The lowest BCUT2D eigenvalue weighted by atomic mass is 10.1. The van der Waals surface area contributed by atoms with Gasteiger partial charge in [0.2, 0.25) is 0 Å². The smallest absolute Gasteiger partial charge is 0.166 e. The van der Waals surface area contributed by atoms with Gasteiger partial charge in [-0.1, -0.05) is 72.3 Å². The van der Waals surface area contributed by atoms with Crippen LogP contribution in [0, 0.1) is 0 Å². The van der Waals surface area contributed by atoms with E-state index in [9.17, 15) is 0 Å². The number of para-hydroxylation sites is 1. The second-order valence-corrected chi connectivity index (χ2v) is 6.98. The molecule has 0 aromatic heterocycles. The number of hydrogen-bond donors (Lipinski definition) is 1. The number of hydrogen-bond acceptors (Lipinski definition) is 3. The lowest BCUT2D eigenvalue weighted by Gasteiger charge is -2.19. The van der Waals surface area contributed by atoms with E-state index in [1.165, 1.54) is 5.56 Å². The third kappa shape index (κ3) is 6.40. The Kier molecular flexibility index (Phi) is 9.33. The summed E-state index contributed by atoms with van der Waals surface area (Å²) in [5, 5.41) is 4.28. The van der Waals surface area contributed by atoms with Gasteiger partial charge < -0.3 is 14.8 Å². The molecule has 0 aliphatic heterocycles. The molecule has 3 rings (SSSR count). The van der Waals surface area contributed by atoms with Crippen LogP contribution in [0.3, 0.4) is 0 Å². The Morgan fingerprint density at radius 2 is 1.55 bits per heavy atom. The first-order valence-corrected chi connectivity index (χ1v) is 9.96. The molecule has 0 fully saturated rings. The predicted molar refractivity (Wildman–Crippen MR) is 122 cm³/mol. The number of halogens is 2. The van der Waals surface area contributed by atoms with Gasteiger partial charge in [0.15, 0.2) is 11.5 Å². The van der Waals surface area contributed by atoms with E-state index in [0.717, 1.165) is 22.6 Å². The Hall–Kier alpha value is -2.20. The molecule has 0 aliphatic carbocycles. The van der Waals surface area contributed by atoms with Crippen molar-refractivity contribution in [2.75, 3.05) is 6.61 Å². The van der Waals surface area contributed by atoms with E-state index in [0.29, 0.717) is 24.8 Å². The van der Waals surface area contributed by atoms with Crippen LogP contribution in [0.5, 0.6) is 11.5 Å². The summed E-state index contributed by atoms with van der Waals surface area (Å²) in [5.74, 6) is 1.51. The first kappa shape index (κ1) is 23.1. The van der Waals surface area contributed by atoms with Gasteiger partial charge in [0, 0.05) is 28.7 Å². The predicted octanol–water partition coefficient (Wildman–Crippen LogP) is 6.59. The van der Waals surface area contributed by atoms with Gasteiger partial charge in [-0.2, -0.15) is 0 Å². The normalized spacial score (nSPS) is 11.4. The highest BCUT2D eigenvalue weighted by Crippen LogP contribution is 2.33. The summed E-state index contributed by atoms with van der Waals surface area (Å²) in [5.41, 5.74) is 3.26. The van der Waals surface area contributed by atoms with Gasteiger partial charge in [0.1, 0.15) is 6.61 Å². The fourth-order valence-electron chi connectivity index (χ4n) is 3.02. The van der Waals surface area contributed by atoms with Crippen molar-refractivity contribution >= 4 is 24.0 Å². The minimum Gasteiger partial charge on any atom is -0.490 e. The molecule has 29 heavy (non-hydrogen) atoms. The van der Waals surface area contributed by atoms with Crippen LogP contribution in [0.1, 0.15) is 36.6 Å². The molecule has 154 valence electrons. The molecule has 5 heteroatoms. The number of ether oxygens (including phenoxy) is 2. The molecule has 1 N–H and O–H groups in total. The minimum absolute atomic E-state index is 0. The monoisotopic (exact) mass is 431 g/mol. The van der Waals surface area contributed by atoms with Crippen LogP contribution in [-0.2, 0) is 13.2 Å². The van der Waals surface area contributed by atoms with Crippen molar-refractivity contribution in [3.05, 3.63) is 94.5 Å². The van der Waals surface area contributed by atoms with Gasteiger partial charge in [-0.05, 0) is 31.5 Å². The number of benzene rings is 3. The summed E-state index contributed by atoms with van der Waals surface area (Å²) in [6.07, 6.45) is 0. The van der Waals surface area contributed by atoms with E-state index in [-0.39, 0.29) is 18.4 Å². The Labute approximate surface area is 184 Å². The van der Waals surface area contributed by atoms with Crippen molar-refractivity contribution in [3.63, 3.8) is 0 Å². The summed E-state index contributed by atoms with van der Waals surface area (Å²) in [6, 6.07) is 24.4. The molecular weight excluding hydrogens is 405 g/mol. The van der Waals surface area contributed by atoms with E-state index in [4.69, 9.17) is 21.1 Å². The zero-order valence-corrected chi connectivity index (χ0v) is 18.3. The molecule has 3 aromatic carbocycles. The summed E-state index contributed by atoms with van der Waals surface area (Å²) in [4.78, 5) is 0. The molecule has 1 atom stereocenters. The average molecular weight is 432 g/mol. The van der Waals surface area contributed by atoms with E-state index < -0.39 is 0 Å². The fraction of sp³-hybridized carbons (Fsp3) is 0.250. The molecule has 3 nitrogen and oxygen atoms in total. The van der Waals surface area contributed by atoms with E-state index in [1.54, 1.807) is 0 Å². The van der Waals surface area contributed by atoms with Crippen LogP contribution < -0.4 is 14.8 Å². The van der Waals surface area contributed by atoms with Gasteiger partial charge in [-0.15, -0.1) is 12.4 Å². The van der Waals surface area contributed by atoms with Crippen LogP contribution in [-0.4, -0.2) is 6.61 Å². The first-order valence-electron chi connectivity index (χ1n) is 9.58. The van der Waals surface area contributed by atoms with Gasteiger partial charge >= 0.3 is 0 Å². The van der Waals surface area contributed by atoms with Crippen molar-refractivity contribution in [2.45, 2.75) is 33.0 Å². The van der Waals surface area contributed by atoms with Crippen LogP contribution in [0.25, 0.3) is 0 Å². The fourth-order valence-corrected chi connectivity index (χ4v) is 3.21. The second-order valence-electron chi connectivity index (χ2n) is 6.57. The van der Waals surface area contributed by atoms with Gasteiger partial charge in [-0.3, -0.25) is 0 Å². The highest BCUT2D eigenvalue weighted by Gasteiger charge is 2.13. The lowest BCUT2D eigenvalue weighted by molar-refractivity contribution is 0.266. The molecule has 0 amide bonds. The average Bonchev–Trinajstić information content (AvgIpc) is 2.73. The summed E-state index contributed by atoms with van der Waals surface area (Å²) >= 11 is 6.28. The third-order valence-electron chi connectivity index (χ3n) is 4.59. The highest BCUT2D eigenvalue weighted by atomic mass is 35.5. The zero-order chi connectivity index (χ0) is 19.8. The molecule has 0 bridgehead atoms. The van der Waals surface area contributed by atoms with Crippen molar-refractivity contribution in [3.8, 4) is 11.5 Å². The quantitative estimate of drug-likeness (QED) is 0.414. The Balaban J connectivity index is 0.00000300. The summed E-state index contributed by atoms with van der Waals surface area (Å²) in [7, 11) is 0. The van der Waals surface area contributed by atoms with Crippen molar-refractivity contribution in [1.29, 1.82) is 0 Å². The minimum atomic E-state index is 0. The van der Waals surface area contributed by atoms with Gasteiger partial charge in [0.05, 0.1) is 6.61 Å². The molecule has 0 heterocycles. The second kappa shape index (κ2) is 11.7. The molecule has 1 unspecified atom stereocenters. The SMILES string of the molecule is CCOc1cccc(CNC(C)c2ccccc2)c1OCc1ccccc1Cl.Cl. The topological polar surface area (TPSA) is 30.5 Å². The number of rotatable bonds is 9. The maximum atomic E-state index is 6.28. The lowest BCUT2D eigenvalue weighted by Crippen LogP contribution is -2.18. The molecule has 3 aromatic rings. The molecule has 0 radical (unpaired) electrons. The van der Waals surface area contributed by atoms with Crippen LogP contribution in [0.2, 0.25) is 5.02 Å². The van der Waals surface area contributed by atoms with Crippen molar-refractivity contribution < 1.29 is 9.47 Å². The van der Waals surface area contributed by atoms with Crippen molar-refractivity contribution in [2.24, 2.45) is 0 Å². The van der Waals surface area contributed by atoms with Gasteiger partial charge in [0.25, 0.3) is 0 Å². The summed E-state index contributed by atoms with van der Waals surface area (Å²) < 4.78 is 12.0. The molecule has 0 spiro atoms. The Morgan fingerprint density at radius 1 is 0.862 bits per heavy atom. The standard InChI is InChI=1S/C24H26ClNO2.ClH/c1-3-27-23-15-9-13-20(16-26-18(2)19-10-5-4-6-11-19)24(23)28-17-21-12-7-8-14-22(21)25;/h4-15,18,26H,3,16-17H2,1-2H3;1H. The number of nitrogens with one attached hydrogen (secondary N) is 1. The maximum absolute atomic E-state index is 6.28. The summed E-state index contributed by atoms with van der Waals surface area (Å²) in [6.45, 7) is 5.78. The first-order chi connectivity index (χ1) is 13.7. The molecular formula is C24H27Cl2NO2. The van der Waals surface area contributed by atoms with E-state index in [1.807, 2.05) is 49.4 Å². The maximum Gasteiger partial charge on any atom is 0.166 e. The highest BCUT2D eigenvalue weighted by molar-refractivity contribution is 6.31. The largest absolute Gasteiger partial charge is 0.490 e. The van der Waals surface area contributed by atoms with E-state index >= 15 is 0 Å². The van der Waals surface area contributed by atoms with Crippen LogP contribution >= 0.6 is 24.0 Å². The Bertz CT molecular complexity index is 887. The molecule has 0 aliphatic rings. The molecule has 0 saturated heterocycles. The van der Waals surface area contributed by atoms with Gasteiger partial charge in [-0.25, -0.2) is 0 Å². The third-order valence-corrected chi connectivity index (χ3v) is 4.96. The van der Waals surface area contributed by atoms with Crippen molar-refractivity contribution in [1.82, 2.24) is 5.32 Å². The van der Waals surface area contributed by atoms with Crippen LogP contribution in [0.4, 0.5) is 0 Å².